The van der Waals surface area contributed by atoms with Crippen molar-refractivity contribution in [3.05, 3.63) is 143 Å². The molecule has 388 valence electrons. The molecule has 0 aliphatic carbocycles. The maximum atomic E-state index is 14.8. The van der Waals surface area contributed by atoms with Crippen LogP contribution in [0.15, 0.2) is 109 Å². The molecule has 2 heterocycles. The zero-order valence-corrected chi connectivity index (χ0v) is 46.7. The van der Waals surface area contributed by atoms with Gasteiger partial charge in [-0.2, -0.15) is 0 Å². The number of rotatable bonds is 22. The highest BCUT2D eigenvalue weighted by Gasteiger charge is 2.45. The second-order valence-corrected chi connectivity index (χ2v) is 24.2. The molecule has 74 heavy (non-hydrogen) atoms. The minimum Gasteiger partial charge on any atom is -0.274 e. The summed E-state index contributed by atoms with van der Waals surface area (Å²) in [6.07, 6.45) is 9.68. The Morgan fingerprint density at radius 2 is 0.662 bits per heavy atom. The van der Waals surface area contributed by atoms with Crippen LogP contribution in [0.3, 0.4) is 0 Å². The predicted molar refractivity (Wildman–Crippen MR) is 308 cm³/mol. The van der Waals surface area contributed by atoms with Crippen molar-refractivity contribution in [1.82, 2.24) is 9.80 Å². The minimum atomic E-state index is -0.254. The van der Waals surface area contributed by atoms with Crippen molar-refractivity contribution in [2.75, 3.05) is 13.1 Å². The Hall–Kier alpha value is -5.88. The average Bonchev–Trinajstić information content (AvgIpc) is 3.43. The molecule has 8 atom stereocenters. The third-order valence-electron chi connectivity index (χ3n) is 20.9. The molecule has 0 bridgehead atoms. The highest BCUT2D eigenvalue weighted by molar-refractivity contribution is 6.41. The molecule has 2 aliphatic rings. The van der Waals surface area contributed by atoms with Crippen LogP contribution in [0.2, 0.25) is 0 Å². The van der Waals surface area contributed by atoms with Crippen molar-refractivity contribution in [1.29, 1.82) is 0 Å². The number of carbonyl (C=O) groups excluding carboxylic acids is 4. The van der Waals surface area contributed by atoms with Gasteiger partial charge in [-0.25, -0.2) is 0 Å². The van der Waals surface area contributed by atoms with E-state index in [9.17, 15) is 19.2 Å². The van der Waals surface area contributed by atoms with E-state index in [1.807, 2.05) is 48.5 Å². The molecule has 2 aliphatic heterocycles. The van der Waals surface area contributed by atoms with Crippen LogP contribution >= 0.6 is 0 Å². The molecule has 0 saturated heterocycles. The molecule has 9 rings (SSSR count). The molecule has 0 N–H and O–H groups in total. The summed E-state index contributed by atoms with van der Waals surface area (Å²) in [6.45, 7) is 28.8. The van der Waals surface area contributed by atoms with Crippen molar-refractivity contribution in [3.63, 3.8) is 0 Å². The molecule has 7 aromatic carbocycles. The lowest BCUT2D eigenvalue weighted by atomic mass is 9.60. The Balaban J connectivity index is 1.04. The molecule has 0 radical (unpaired) electrons. The Bertz CT molecular complexity index is 2910. The SMILES string of the molecule is CCC(C)C(C)(CC)CC(c1ccccc1)C(C)(CC)CCN1C(=O)c2ccc3c4ccc5c6c(ccc(c7ccc(c2c37)C1=O)c64)C(=O)N(CCC(C)(CC)C(CC(C)(CC)C(C)CC)c1ccccc1)C5=O. The normalized spacial score (nSPS) is 18.9. The van der Waals surface area contributed by atoms with Crippen molar-refractivity contribution in [2.24, 2.45) is 33.5 Å². The topological polar surface area (TPSA) is 74.8 Å². The first kappa shape index (κ1) is 53.0. The molecule has 0 saturated carbocycles. The highest BCUT2D eigenvalue weighted by atomic mass is 16.2. The summed E-state index contributed by atoms with van der Waals surface area (Å²) in [5.74, 6) is 0.581. The van der Waals surface area contributed by atoms with Gasteiger partial charge >= 0.3 is 0 Å². The molecule has 0 fully saturated rings. The largest absolute Gasteiger partial charge is 0.274 e. The van der Waals surface area contributed by atoms with Crippen LogP contribution in [0.1, 0.15) is 212 Å². The molecule has 6 heteroatoms. The number of hydrogen-bond acceptors (Lipinski definition) is 4. The Morgan fingerprint density at radius 3 is 0.919 bits per heavy atom. The zero-order chi connectivity index (χ0) is 53.1. The molecule has 8 unspecified atom stereocenters. The van der Waals surface area contributed by atoms with Gasteiger partial charge in [0, 0.05) is 46.1 Å². The van der Waals surface area contributed by atoms with Crippen LogP contribution in [0.5, 0.6) is 0 Å². The maximum absolute atomic E-state index is 14.8. The van der Waals surface area contributed by atoms with E-state index in [4.69, 9.17) is 0 Å². The molecule has 0 spiro atoms. The summed E-state index contributed by atoms with van der Waals surface area (Å²) in [7, 11) is 0. The monoisotopic (exact) mass is 991 g/mol. The Labute approximate surface area is 442 Å². The van der Waals surface area contributed by atoms with Gasteiger partial charge < -0.3 is 0 Å². The highest BCUT2D eigenvalue weighted by Crippen LogP contribution is 2.54. The van der Waals surface area contributed by atoms with E-state index in [2.05, 4.69) is 144 Å². The van der Waals surface area contributed by atoms with Gasteiger partial charge in [0.1, 0.15) is 0 Å². The quantitative estimate of drug-likeness (QED) is 0.0385. The van der Waals surface area contributed by atoms with Crippen molar-refractivity contribution < 1.29 is 19.2 Å². The van der Waals surface area contributed by atoms with E-state index in [-0.39, 0.29) is 57.1 Å². The maximum Gasteiger partial charge on any atom is 0.261 e. The lowest BCUT2D eigenvalue weighted by molar-refractivity contribution is 0.0538. The number of nitrogens with zero attached hydrogens (tertiary/aromatic N) is 2. The number of fused-ring (bicyclic) bond motifs is 2. The van der Waals surface area contributed by atoms with Crippen LogP contribution in [0.4, 0.5) is 0 Å². The van der Waals surface area contributed by atoms with Gasteiger partial charge in [0.2, 0.25) is 0 Å². The molecular weight excluding hydrogens is 909 g/mol. The number of carbonyl (C=O) groups is 4. The van der Waals surface area contributed by atoms with Gasteiger partial charge in [-0.15, -0.1) is 0 Å². The third kappa shape index (κ3) is 8.64. The van der Waals surface area contributed by atoms with Crippen LogP contribution in [-0.4, -0.2) is 46.5 Å². The minimum absolute atomic E-state index is 0.139. The third-order valence-corrected chi connectivity index (χ3v) is 20.9. The van der Waals surface area contributed by atoms with Crippen molar-refractivity contribution in [3.8, 4) is 0 Å². The summed E-state index contributed by atoms with van der Waals surface area (Å²) >= 11 is 0. The van der Waals surface area contributed by atoms with Gasteiger partial charge in [0.05, 0.1) is 0 Å². The summed E-state index contributed by atoms with van der Waals surface area (Å²) in [6, 6.07) is 37.4. The summed E-state index contributed by atoms with van der Waals surface area (Å²) in [5, 5.41) is 6.73. The predicted octanol–water partition coefficient (Wildman–Crippen LogP) is 17.8. The van der Waals surface area contributed by atoms with Crippen molar-refractivity contribution in [2.45, 2.75) is 159 Å². The molecule has 4 amide bonds. The first-order valence-corrected chi connectivity index (χ1v) is 28.4. The van der Waals surface area contributed by atoms with Gasteiger partial charge in [-0.05, 0) is 139 Å². The van der Waals surface area contributed by atoms with Crippen LogP contribution < -0.4 is 0 Å². The lowest BCUT2D eigenvalue weighted by Crippen LogP contribution is -2.43. The number of benzene rings is 7. The first-order chi connectivity index (χ1) is 35.4. The van der Waals surface area contributed by atoms with Crippen LogP contribution in [0.25, 0.3) is 43.1 Å². The van der Waals surface area contributed by atoms with E-state index in [0.717, 1.165) is 83.7 Å². The zero-order valence-electron chi connectivity index (χ0n) is 46.7. The molecule has 7 aromatic rings. The smallest absolute Gasteiger partial charge is 0.261 e. The Morgan fingerprint density at radius 1 is 0.378 bits per heavy atom. The first-order valence-electron chi connectivity index (χ1n) is 28.4. The van der Waals surface area contributed by atoms with E-state index in [1.54, 1.807) is 0 Å². The molecule has 0 aromatic heterocycles. The van der Waals surface area contributed by atoms with E-state index < -0.39 is 0 Å². The fourth-order valence-electron chi connectivity index (χ4n) is 13.9. The van der Waals surface area contributed by atoms with Crippen molar-refractivity contribution >= 4 is 66.7 Å². The molecular formula is C68H82N2O4. The number of hydrogen-bond donors (Lipinski definition) is 0. The van der Waals surface area contributed by atoms with Crippen LogP contribution in [0, 0.1) is 33.5 Å². The fraction of sp³-hybridized carbons (Fsp3) is 0.471. The van der Waals surface area contributed by atoms with Gasteiger partial charge in [-0.3, -0.25) is 29.0 Å². The van der Waals surface area contributed by atoms with E-state index in [1.165, 1.54) is 20.9 Å². The lowest BCUT2D eigenvalue weighted by Gasteiger charge is -2.45. The number of imide groups is 2. The van der Waals surface area contributed by atoms with Gasteiger partial charge in [0.25, 0.3) is 23.6 Å². The standard InChI is InChI=1S/C68H82N2O4/c1-13-43(7)67(11,17-5)41-55(45-25-21-19-22-26-45)65(9,15-3)37-39-69-61(71)51-33-29-47-49-31-35-53-60-54(36-32-50(58(49)60)48-30-34-52(62(69)72)59(51)57(47)48)64(74)70(63(53)73)40-38-66(10,16-4)56(46-27-23-20-24-28-46)42-68(12,18-6)44(8)14-2/h19-36,43-44,55-56H,13-18,37-42H2,1-12H3. The van der Waals surface area contributed by atoms with Gasteiger partial charge in [0.15, 0.2) is 0 Å². The average molecular weight is 991 g/mol. The van der Waals surface area contributed by atoms with E-state index in [0.29, 0.717) is 70.8 Å². The Kier molecular flexibility index (Phi) is 14.6. The summed E-state index contributed by atoms with van der Waals surface area (Å²) < 4.78 is 0. The van der Waals surface area contributed by atoms with Crippen LogP contribution in [-0.2, 0) is 0 Å². The number of amides is 4. The second kappa shape index (κ2) is 20.3. The molecule has 6 nitrogen and oxygen atoms in total. The van der Waals surface area contributed by atoms with Gasteiger partial charge in [-0.1, -0.05) is 207 Å². The second-order valence-electron chi connectivity index (χ2n) is 24.2. The fourth-order valence-corrected chi connectivity index (χ4v) is 13.9. The van der Waals surface area contributed by atoms with E-state index >= 15 is 0 Å². The summed E-state index contributed by atoms with van der Waals surface area (Å²) in [4.78, 5) is 62.4. The summed E-state index contributed by atoms with van der Waals surface area (Å²) in [5.41, 5.74) is 4.72.